The third-order valence-corrected chi connectivity index (χ3v) is 2.96. The van der Waals surface area contributed by atoms with Crippen molar-refractivity contribution in [3.63, 3.8) is 0 Å². The molecule has 1 N–H and O–H groups in total. The molecule has 2 rings (SSSR count). The van der Waals surface area contributed by atoms with Crippen LogP contribution in [0.4, 0.5) is 0 Å². The maximum atomic E-state index is 9.37. The van der Waals surface area contributed by atoms with Crippen LogP contribution in [-0.4, -0.2) is 47.9 Å². The summed E-state index contributed by atoms with van der Waals surface area (Å²) in [6, 6.07) is 5.86. The minimum absolute atomic E-state index is 0.0994. The van der Waals surface area contributed by atoms with Gasteiger partial charge in [0.1, 0.15) is 0 Å². The molecule has 4 heteroatoms. The number of hydrogen-bond acceptors (Lipinski definition) is 4. The molecular formula is C14H19N3O. The molecular weight excluding hydrogens is 226 g/mol. The molecule has 0 unspecified atom stereocenters. The van der Waals surface area contributed by atoms with Crippen molar-refractivity contribution in [2.75, 3.05) is 27.2 Å². The molecule has 1 aliphatic rings. The number of aromatic nitrogens is 1. The molecule has 0 atom stereocenters. The summed E-state index contributed by atoms with van der Waals surface area (Å²) in [6.07, 6.45) is 3.51. The highest BCUT2D eigenvalue weighted by Gasteiger charge is 2.16. The van der Waals surface area contributed by atoms with E-state index in [2.05, 4.69) is 14.9 Å². The van der Waals surface area contributed by atoms with Crippen molar-refractivity contribution in [2.45, 2.75) is 12.8 Å². The van der Waals surface area contributed by atoms with Gasteiger partial charge in [-0.25, -0.2) is 0 Å². The van der Waals surface area contributed by atoms with Crippen LogP contribution in [0.15, 0.2) is 40.7 Å². The lowest BCUT2D eigenvalue weighted by molar-refractivity contribution is 0.322. The summed E-state index contributed by atoms with van der Waals surface area (Å²) in [6.45, 7) is 0.856. The van der Waals surface area contributed by atoms with Gasteiger partial charge in [0.25, 0.3) is 0 Å². The van der Waals surface area contributed by atoms with E-state index < -0.39 is 0 Å². The van der Waals surface area contributed by atoms with Gasteiger partial charge in [0, 0.05) is 12.7 Å². The zero-order valence-corrected chi connectivity index (χ0v) is 10.9. The quantitative estimate of drug-likeness (QED) is 0.874. The first-order valence-corrected chi connectivity index (χ1v) is 6.16. The highest BCUT2D eigenvalue weighted by Crippen LogP contribution is 2.22. The van der Waals surface area contributed by atoms with Crippen LogP contribution in [0.25, 0.3) is 0 Å². The number of nitrogens with zero attached hydrogens (tertiary/aromatic N) is 3. The van der Waals surface area contributed by atoms with Gasteiger partial charge in [-0.15, -0.1) is 0 Å². The van der Waals surface area contributed by atoms with Crippen LogP contribution in [0.1, 0.15) is 18.5 Å². The molecule has 4 nitrogen and oxygen atoms in total. The number of hydrogen-bond donors (Lipinski definition) is 1. The third-order valence-electron chi connectivity index (χ3n) is 2.96. The first kappa shape index (κ1) is 12.9. The summed E-state index contributed by atoms with van der Waals surface area (Å²) in [5.74, 6) is 0. The minimum Gasteiger partial charge on any atom is -0.392 e. The van der Waals surface area contributed by atoms with E-state index in [1.165, 1.54) is 0 Å². The van der Waals surface area contributed by atoms with E-state index in [9.17, 15) is 5.11 Å². The molecule has 0 bridgehead atoms. The van der Waals surface area contributed by atoms with E-state index in [1.54, 1.807) is 6.20 Å². The van der Waals surface area contributed by atoms with Gasteiger partial charge in [0.2, 0.25) is 0 Å². The van der Waals surface area contributed by atoms with E-state index in [0.717, 1.165) is 42.1 Å². The third kappa shape index (κ3) is 3.03. The maximum Gasteiger partial charge on any atom is 0.0844 e. The lowest BCUT2D eigenvalue weighted by Gasteiger charge is -2.20. The summed E-state index contributed by atoms with van der Waals surface area (Å²) in [5, 5.41) is 9.37. The fraction of sp³-hybridized carbons (Fsp3) is 0.429. The Hall–Kier alpha value is -1.52. The topological polar surface area (TPSA) is 48.7 Å². The van der Waals surface area contributed by atoms with Gasteiger partial charge >= 0.3 is 0 Å². The lowest BCUT2D eigenvalue weighted by Crippen LogP contribution is -2.20. The molecule has 0 amide bonds. The Morgan fingerprint density at radius 3 is 2.72 bits per heavy atom. The van der Waals surface area contributed by atoms with E-state index in [-0.39, 0.29) is 6.61 Å². The Morgan fingerprint density at radius 2 is 2.11 bits per heavy atom. The molecule has 96 valence electrons. The van der Waals surface area contributed by atoms with E-state index >= 15 is 0 Å². The predicted molar refractivity (Wildman–Crippen MR) is 72.7 cm³/mol. The second-order valence-electron chi connectivity index (χ2n) is 4.72. The smallest absolute Gasteiger partial charge is 0.0844 e. The highest BCUT2D eigenvalue weighted by molar-refractivity contribution is 6.00. The normalized spacial score (nSPS) is 16.1. The molecule has 0 fully saturated rings. The minimum atomic E-state index is 0.0994. The van der Waals surface area contributed by atoms with Gasteiger partial charge in [-0.2, -0.15) is 0 Å². The van der Waals surface area contributed by atoms with Gasteiger partial charge in [-0.05, 0) is 44.6 Å². The molecule has 1 aromatic heterocycles. The summed E-state index contributed by atoms with van der Waals surface area (Å²) < 4.78 is 0. The Balaban J connectivity index is 2.29. The van der Waals surface area contributed by atoms with Crippen molar-refractivity contribution in [1.29, 1.82) is 0 Å². The van der Waals surface area contributed by atoms with E-state index in [4.69, 9.17) is 0 Å². The van der Waals surface area contributed by atoms with Gasteiger partial charge in [-0.3, -0.25) is 9.98 Å². The molecule has 0 saturated carbocycles. The highest BCUT2D eigenvalue weighted by atomic mass is 16.3. The first-order valence-electron chi connectivity index (χ1n) is 6.16. The van der Waals surface area contributed by atoms with Crippen LogP contribution >= 0.6 is 0 Å². The standard InChI is InChI=1S/C14H19N3O/c1-17(2)9-14-11(10-18)6-7-13(16-14)12-5-3-4-8-15-12/h3-5,8,18H,6-7,9-10H2,1-2H3. The molecule has 0 aromatic carbocycles. The van der Waals surface area contributed by atoms with Crippen LogP contribution in [0.5, 0.6) is 0 Å². The molecule has 2 heterocycles. The number of rotatable bonds is 4. The van der Waals surface area contributed by atoms with Crippen LogP contribution in [-0.2, 0) is 0 Å². The Morgan fingerprint density at radius 1 is 1.28 bits per heavy atom. The molecule has 1 aromatic rings. The zero-order chi connectivity index (χ0) is 13.0. The number of pyridine rings is 1. The van der Waals surface area contributed by atoms with Crippen molar-refractivity contribution in [2.24, 2.45) is 4.99 Å². The molecule has 0 saturated heterocycles. The van der Waals surface area contributed by atoms with Crippen LogP contribution in [0, 0.1) is 0 Å². The van der Waals surface area contributed by atoms with Crippen molar-refractivity contribution in [3.8, 4) is 0 Å². The lowest BCUT2D eigenvalue weighted by atomic mass is 10.00. The number of aliphatic hydroxyl groups is 1. The largest absolute Gasteiger partial charge is 0.392 e. The Bertz CT molecular complexity index is 463. The average molecular weight is 245 g/mol. The van der Waals surface area contributed by atoms with Crippen molar-refractivity contribution in [1.82, 2.24) is 9.88 Å². The fourth-order valence-electron chi connectivity index (χ4n) is 2.05. The van der Waals surface area contributed by atoms with E-state index in [1.807, 2.05) is 32.3 Å². The number of aliphatic hydroxyl groups excluding tert-OH is 1. The Kier molecular flexibility index (Phi) is 4.23. The number of likely N-dealkylation sites (N-methyl/N-ethyl adjacent to an activating group) is 1. The first-order chi connectivity index (χ1) is 8.70. The monoisotopic (exact) mass is 245 g/mol. The Labute approximate surface area is 108 Å². The zero-order valence-electron chi connectivity index (χ0n) is 10.9. The summed E-state index contributed by atoms with van der Waals surface area (Å²) >= 11 is 0. The van der Waals surface area contributed by atoms with Crippen LogP contribution in [0.3, 0.4) is 0 Å². The second-order valence-corrected chi connectivity index (χ2v) is 4.72. The van der Waals surface area contributed by atoms with E-state index in [0.29, 0.717) is 0 Å². The molecule has 0 radical (unpaired) electrons. The predicted octanol–water partition coefficient (Wildman–Crippen LogP) is 1.47. The molecule has 1 aliphatic heterocycles. The summed E-state index contributed by atoms with van der Waals surface area (Å²) in [4.78, 5) is 11.1. The van der Waals surface area contributed by atoms with Gasteiger partial charge in [-0.1, -0.05) is 6.07 Å². The van der Waals surface area contributed by atoms with Crippen molar-refractivity contribution >= 4 is 5.71 Å². The number of aliphatic imine (C=N–C) groups is 1. The van der Waals surface area contributed by atoms with Gasteiger partial charge in [0.15, 0.2) is 0 Å². The summed E-state index contributed by atoms with van der Waals surface area (Å²) in [7, 11) is 4.01. The molecule has 0 spiro atoms. The molecule has 0 aliphatic carbocycles. The SMILES string of the molecule is CN(C)CC1=C(CO)CCC(c2ccccn2)=N1. The van der Waals surface area contributed by atoms with Crippen LogP contribution < -0.4 is 0 Å². The van der Waals surface area contributed by atoms with Crippen LogP contribution in [0.2, 0.25) is 0 Å². The fourth-order valence-corrected chi connectivity index (χ4v) is 2.05. The second kappa shape index (κ2) is 5.89. The molecule has 18 heavy (non-hydrogen) atoms. The van der Waals surface area contributed by atoms with Gasteiger partial charge < -0.3 is 10.0 Å². The van der Waals surface area contributed by atoms with Crippen molar-refractivity contribution < 1.29 is 5.11 Å². The average Bonchev–Trinajstić information content (AvgIpc) is 2.39. The maximum absolute atomic E-state index is 9.37. The van der Waals surface area contributed by atoms with Crippen molar-refractivity contribution in [3.05, 3.63) is 41.4 Å². The summed E-state index contributed by atoms with van der Waals surface area (Å²) in [5.41, 5.74) is 3.98. The van der Waals surface area contributed by atoms with Gasteiger partial charge in [0.05, 0.1) is 23.7 Å².